The monoisotopic (exact) mass is 300 g/mol. The summed E-state index contributed by atoms with van der Waals surface area (Å²) in [6.07, 6.45) is 3.58. The average Bonchev–Trinajstić information content (AvgIpc) is 2.45. The number of methoxy groups -OCH3 is 1. The number of carbonyl (C=O) groups excluding carboxylic acids is 1. The third-order valence-electron chi connectivity index (χ3n) is 2.52. The van der Waals surface area contributed by atoms with E-state index >= 15 is 0 Å². The molecule has 116 valence electrons. The Bertz CT molecular complexity index is 481. The van der Waals surface area contributed by atoms with Crippen LogP contribution in [0.2, 0.25) is 0 Å². The molecule has 0 heterocycles. The van der Waals surface area contributed by atoms with Gasteiger partial charge in [-0.1, -0.05) is 5.16 Å². The third-order valence-corrected chi connectivity index (χ3v) is 2.52. The van der Waals surface area contributed by atoms with Gasteiger partial charge in [-0.05, 0) is 31.4 Å². The zero-order valence-electron chi connectivity index (χ0n) is 11.8. The topological polar surface area (TPSA) is 59.9 Å². The summed E-state index contributed by atoms with van der Waals surface area (Å²) in [5.41, 5.74) is -0.118. The molecule has 0 unspecified atom stereocenters. The highest BCUT2D eigenvalue weighted by molar-refractivity contribution is 6.31. The van der Waals surface area contributed by atoms with Gasteiger partial charge in [0.15, 0.2) is 0 Å². The van der Waals surface area contributed by atoms with Crippen LogP contribution in [0.3, 0.4) is 0 Å². The van der Waals surface area contributed by atoms with Gasteiger partial charge in [0.05, 0.1) is 5.69 Å². The Morgan fingerprint density at radius 1 is 1.29 bits per heavy atom. The molecule has 21 heavy (non-hydrogen) atoms. The molecule has 0 aliphatic carbocycles. The van der Waals surface area contributed by atoms with Gasteiger partial charge in [-0.2, -0.15) is 0 Å². The Kier molecular flexibility index (Phi) is 7.96. The zero-order valence-corrected chi connectivity index (χ0v) is 11.8. The number of rotatable bonds is 9. The van der Waals surface area contributed by atoms with E-state index in [2.05, 4.69) is 10.5 Å². The van der Waals surface area contributed by atoms with E-state index in [1.165, 1.54) is 0 Å². The molecule has 7 heteroatoms. The van der Waals surface area contributed by atoms with Crippen LogP contribution in [0.15, 0.2) is 23.4 Å². The van der Waals surface area contributed by atoms with Crippen LogP contribution in [0, 0.1) is 11.6 Å². The number of halogens is 2. The Morgan fingerprint density at radius 3 is 2.76 bits per heavy atom. The highest BCUT2D eigenvalue weighted by atomic mass is 19.1. The van der Waals surface area contributed by atoms with Gasteiger partial charge in [-0.15, -0.1) is 0 Å². The number of hydrogen-bond acceptors (Lipinski definition) is 4. The predicted octanol–water partition coefficient (Wildman–Crippen LogP) is 2.72. The first-order chi connectivity index (χ1) is 10.1. The number of anilines is 1. The van der Waals surface area contributed by atoms with Gasteiger partial charge < -0.3 is 14.9 Å². The summed E-state index contributed by atoms with van der Waals surface area (Å²) in [6, 6.07) is 2.86. The lowest BCUT2D eigenvalue weighted by atomic mass is 10.2. The van der Waals surface area contributed by atoms with Crippen molar-refractivity contribution in [3.63, 3.8) is 0 Å². The van der Waals surface area contributed by atoms with Crippen molar-refractivity contribution in [2.45, 2.75) is 19.3 Å². The fraction of sp³-hybridized carbons (Fsp3) is 0.429. The third kappa shape index (κ3) is 7.36. The molecule has 0 bridgehead atoms. The molecule has 0 saturated heterocycles. The van der Waals surface area contributed by atoms with E-state index in [-0.39, 0.29) is 5.69 Å². The van der Waals surface area contributed by atoms with E-state index in [1.54, 1.807) is 7.11 Å². The van der Waals surface area contributed by atoms with Crippen molar-refractivity contribution in [1.29, 1.82) is 0 Å². The fourth-order valence-electron chi connectivity index (χ4n) is 1.48. The van der Waals surface area contributed by atoms with Crippen molar-refractivity contribution >= 4 is 17.8 Å². The van der Waals surface area contributed by atoms with E-state index in [0.29, 0.717) is 19.3 Å². The predicted molar refractivity (Wildman–Crippen MR) is 75.2 cm³/mol. The van der Waals surface area contributed by atoms with Gasteiger partial charge in [0.1, 0.15) is 24.5 Å². The van der Waals surface area contributed by atoms with Crippen LogP contribution in [0.5, 0.6) is 0 Å². The highest BCUT2D eigenvalue weighted by Crippen LogP contribution is 2.14. The zero-order chi connectivity index (χ0) is 15.5. The van der Waals surface area contributed by atoms with Crippen molar-refractivity contribution in [2.24, 2.45) is 5.16 Å². The molecule has 1 amide bonds. The van der Waals surface area contributed by atoms with Crippen molar-refractivity contribution in [3.8, 4) is 0 Å². The second-order valence-corrected chi connectivity index (χ2v) is 4.23. The van der Waals surface area contributed by atoms with Crippen molar-refractivity contribution in [1.82, 2.24) is 0 Å². The molecular formula is C14H18F2N2O3. The largest absolute Gasteiger partial charge is 0.396 e. The van der Waals surface area contributed by atoms with E-state index in [1.807, 2.05) is 0 Å². The standard InChI is InChI=1S/C14H18F2N2O3/c1-20-7-3-2-4-8-21-17-10-14(19)18-13-6-5-11(15)9-12(13)16/h5-6,9-10H,2-4,7-8H2,1H3,(H,18,19). The fourth-order valence-corrected chi connectivity index (χ4v) is 1.48. The quantitative estimate of drug-likeness (QED) is 0.433. The number of ether oxygens (including phenoxy) is 1. The van der Waals surface area contributed by atoms with Crippen molar-refractivity contribution in [3.05, 3.63) is 29.8 Å². The number of unbranched alkanes of at least 4 members (excludes halogenated alkanes) is 2. The Balaban J connectivity index is 2.22. The van der Waals surface area contributed by atoms with Gasteiger partial charge in [-0.3, -0.25) is 4.79 Å². The van der Waals surface area contributed by atoms with Gasteiger partial charge in [0, 0.05) is 19.8 Å². The molecule has 0 atom stereocenters. The number of oxime groups is 1. The molecule has 1 N–H and O–H groups in total. The number of nitrogens with zero attached hydrogens (tertiary/aromatic N) is 1. The van der Waals surface area contributed by atoms with Gasteiger partial charge >= 0.3 is 0 Å². The van der Waals surface area contributed by atoms with Crippen LogP contribution in [0.1, 0.15) is 19.3 Å². The molecule has 0 fully saturated rings. The minimum Gasteiger partial charge on any atom is -0.396 e. The summed E-state index contributed by atoms with van der Waals surface area (Å²) in [6.45, 7) is 1.09. The van der Waals surface area contributed by atoms with Gasteiger partial charge in [0.25, 0.3) is 5.91 Å². The van der Waals surface area contributed by atoms with Crippen LogP contribution < -0.4 is 5.32 Å². The SMILES string of the molecule is COCCCCCON=CC(=O)Nc1ccc(F)cc1F. The maximum Gasteiger partial charge on any atom is 0.270 e. The summed E-state index contributed by atoms with van der Waals surface area (Å²) >= 11 is 0. The van der Waals surface area contributed by atoms with Crippen molar-refractivity contribution < 1.29 is 23.1 Å². The normalized spacial score (nSPS) is 10.8. The van der Waals surface area contributed by atoms with E-state index in [4.69, 9.17) is 9.57 Å². The summed E-state index contributed by atoms with van der Waals surface area (Å²) in [7, 11) is 1.64. The molecule has 1 aromatic carbocycles. The summed E-state index contributed by atoms with van der Waals surface area (Å²) < 4.78 is 30.8. The van der Waals surface area contributed by atoms with Crippen LogP contribution in [-0.2, 0) is 14.4 Å². The molecular weight excluding hydrogens is 282 g/mol. The molecule has 1 rings (SSSR count). The molecule has 0 aliphatic heterocycles. The smallest absolute Gasteiger partial charge is 0.270 e. The first kappa shape index (κ1) is 17.0. The van der Waals surface area contributed by atoms with Gasteiger partial charge in [-0.25, -0.2) is 8.78 Å². The lowest BCUT2D eigenvalue weighted by Crippen LogP contribution is -2.14. The van der Waals surface area contributed by atoms with E-state index < -0.39 is 17.5 Å². The second kappa shape index (κ2) is 9.82. The molecule has 0 aromatic heterocycles. The molecule has 5 nitrogen and oxygen atoms in total. The number of nitrogens with one attached hydrogen (secondary N) is 1. The van der Waals surface area contributed by atoms with Crippen LogP contribution in [-0.4, -0.2) is 32.4 Å². The minimum absolute atomic E-state index is 0.118. The first-order valence-corrected chi connectivity index (χ1v) is 6.54. The van der Waals surface area contributed by atoms with Crippen LogP contribution in [0.4, 0.5) is 14.5 Å². The number of amides is 1. The molecule has 0 spiro atoms. The first-order valence-electron chi connectivity index (χ1n) is 6.54. The number of carbonyl (C=O) groups is 1. The number of hydrogen-bond donors (Lipinski definition) is 1. The molecule has 0 radical (unpaired) electrons. The Hall–Kier alpha value is -2.02. The van der Waals surface area contributed by atoms with Crippen LogP contribution in [0.25, 0.3) is 0 Å². The molecule has 0 saturated carbocycles. The number of benzene rings is 1. The highest BCUT2D eigenvalue weighted by Gasteiger charge is 2.06. The lowest BCUT2D eigenvalue weighted by Gasteiger charge is -2.03. The van der Waals surface area contributed by atoms with Crippen LogP contribution >= 0.6 is 0 Å². The Morgan fingerprint density at radius 2 is 2.05 bits per heavy atom. The molecule has 0 aliphatic rings. The summed E-state index contributed by atoms with van der Waals surface area (Å²) in [4.78, 5) is 16.3. The maximum absolute atomic E-state index is 13.3. The average molecular weight is 300 g/mol. The summed E-state index contributed by atoms with van der Waals surface area (Å²) in [5.74, 6) is -2.22. The van der Waals surface area contributed by atoms with E-state index in [9.17, 15) is 13.6 Å². The second-order valence-electron chi connectivity index (χ2n) is 4.23. The maximum atomic E-state index is 13.3. The summed E-state index contributed by atoms with van der Waals surface area (Å²) in [5, 5.41) is 5.70. The Labute approximate surface area is 121 Å². The lowest BCUT2D eigenvalue weighted by molar-refractivity contribution is -0.110. The van der Waals surface area contributed by atoms with Gasteiger partial charge in [0.2, 0.25) is 0 Å². The molecule has 1 aromatic rings. The minimum atomic E-state index is -0.851. The van der Waals surface area contributed by atoms with Crippen molar-refractivity contribution in [2.75, 3.05) is 25.6 Å². The van der Waals surface area contributed by atoms with E-state index in [0.717, 1.165) is 37.6 Å².